The Hall–Kier alpha value is -0.750. The lowest BCUT2D eigenvalue weighted by atomic mass is 9.85. The summed E-state index contributed by atoms with van der Waals surface area (Å²) < 4.78 is 25.8. The first-order chi connectivity index (χ1) is 17.2. The monoisotopic (exact) mass is 530 g/mol. The average molecular weight is 531 g/mol. The van der Waals surface area contributed by atoms with Gasteiger partial charge in [-0.3, -0.25) is 4.79 Å². The van der Waals surface area contributed by atoms with E-state index >= 15 is 0 Å². The number of aliphatic hydroxyl groups is 3. The van der Waals surface area contributed by atoms with Crippen molar-refractivity contribution in [3.05, 3.63) is 12.2 Å². The number of rotatable bonds is 5. The minimum atomic E-state index is -1.46. The number of fused-ring (bicyclic) bond motifs is 3. The fraction of sp³-hybridized carbons (Fsp3) is 0.885. The van der Waals surface area contributed by atoms with Crippen molar-refractivity contribution >= 4 is 17.7 Å². The van der Waals surface area contributed by atoms with Crippen LogP contribution in [0.15, 0.2) is 12.2 Å². The molecule has 8 nitrogen and oxygen atoms in total. The zero-order valence-corrected chi connectivity index (χ0v) is 22.3. The van der Waals surface area contributed by atoms with Crippen LogP contribution in [0.1, 0.15) is 46.5 Å². The van der Waals surface area contributed by atoms with Crippen molar-refractivity contribution in [3.63, 3.8) is 0 Å². The summed E-state index contributed by atoms with van der Waals surface area (Å²) in [5.74, 6) is 0.992. The molecule has 4 aliphatic rings. The van der Waals surface area contributed by atoms with Crippen LogP contribution < -0.4 is 10.6 Å². The molecule has 10 heteroatoms. The second-order valence-electron chi connectivity index (χ2n) is 11.4. The summed E-state index contributed by atoms with van der Waals surface area (Å²) >= 11 is 1.11. The number of thioether (sulfide) groups is 1. The summed E-state index contributed by atoms with van der Waals surface area (Å²) in [5.41, 5.74) is -0.913. The Morgan fingerprint density at radius 3 is 2.72 bits per heavy atom. The number of alkyl halides is 1. The molecule has 5 N–H and O–H groups in total. The van der Waals surface area contributed by atoms with Crippen LogP contribution in [0, 0.1) is 23.7 Å². The van der Waals surface area contributed by atoms with E-state index in [-0.39, 0.29) is 23.8 Å². The maximum atomic E-state index is 13.6. The summed E-state index contributed by atoms with van der Waals surface area (Å²) in [6.45, 7) is 7.11. The maximum Gasteiger partial charge on any atom is 0.240 e. The van der Waals surface area contributed by atoms with Crippen LogP contribution in [0.3, 0.4) is 0 Å². The van der Waals surface area contributed by atoms with Crippen molar-refractivity contribution in [3.8, 4) is 0 Å². The molecule has 12 atom stereocenters. The Kier molecular flexibility index (Phi) is 9.74. The van der Waals surface area contributed by atoms with Crippen LogP contribution in [0.25, 0.3) is 0 Å². The highest BCUT2D eigenvalue weighted by atomic mass is 32.2. The third kappa shape index (κ3) is 6.27. The number of carbonyl (C=O) groups excluding carboxylic acids is 1. The third-order valence-corrected chi connectivity index (χ3v) is 9.49. The second kappa shape index (κ2) is 12.4. The average Bonchev–Trinajstić information content (AvgIpc) is 3.13. The van der Waals surface area contributed by atoms with Crippen LogP contribution in [0.4, 0.5) is 4.39 Å². The summed E-state index contributed by atoms with van der Waals surface area (Å²) in [6.07, 6.45) is 1.98. The summed E-state index contributed by atoms with van der Waals surface area (Å²) in [5, 5.41) is 37.9. The fourth-order valence-electron chi connectivity index (χ4n) is 6.23. The summed E-state index contributed by atoms with van der Waals surface area (Å²) in [7, 11) is 0. The molecule has 0 radical (unpaired) electrons. The van der Waals surface area contributed by atoms with Crippen LogP contribution in [-0.2, 0) is 14.3 Å². The summed E-state index contributed by atoms with van der Waals surface area (Å²) in [4.78, 5) is 13.6. The molecule has 4 aliphatic heterocycles. The van der Waals surface area contributed by atoms with E-state index in [1.165, 1.54) is 0 Å². The van der Waals surface area contributed by atoms with E-state index in [0.717, 1.165) is 31.0 Å². The third-order valence-electron chi connectivity index (χ3n) is 8.13. The van der Waals surface area contributed by atoms with Gasteiger partial charge in [-0.15, -0.1) is 11.8 Å². The van der Waals surface area contributed by atoms with Crippen molar-refractivity contribution < 1.29 is 34.0 Å². The molecule has 36 heavy (non-hydrogen) atoms. The van der Waals surface area contributed by atoms with Gasteiger partial charge in [0.2, 0.25) is 5.91 Å². The highest BCUT2D eigenvalue weighted by Crippen LogP contribution is 2.37. The Morgan fingerprint density at radius 2 is 2.00 bits per heavy atom. The van der Waals surface area contributed by atoms with Crippen molar-refractivity contribution in [2.45, 2.75) is 99.7 Å². The Labute approximate surface area is 217 Å². The Balaban J connectivity index is 1.50. The van der Waals surface area contributed by atoms with E-state index in [0.29, 0.717) is 31.4 Å². The number of allylic oxidation sites excluding steroid dienone is 1. The zero-order valence-electron chi connectivity index (χ0n) is 21.5. The van der Waals surface area contributed by atoms with Gasteiger partial charge in [-0.25, -0.2) is 4.39 Å². The predicted octanol–water partition coefficient (Wildman–Crippen LogP) is 1.38. The first-order valence-corrected chi connectivity index (χ1v) is 14.4. The van der Waals surface area contributed by atoms with Crippen molar-refractivity contribution in [1.29, 1.82) is 0 Å². The SMILES string of the molecule is CC(C)C[C@@H]1CCO[C@@H]2[C@H](CN[C@@H]2C(=O)N[C@H]2[C@H]3OC(S[C@H](CF)C/C=C\[C@H]2C)[C@H](O)C(O)[C@@H]3O)C1. The van der Waals surface area contributed by atoms with Gasteiger partial charge in [0.1, 0.15) is 42.6 Å². The number of halogens is 1. The highest BCUT2D eigenvalue weighted by Gasteiger charge is 2.50. The lowest BCUT2D eigenvalue weighted by Crippen LogP contribution is -2.65. The molecule has 2 unspecified atom stereocenters. The minimum absolute atomic E-state index is 0.217. The van der Waals surface area contributed by atoms with Gasteiger partial charge in [0, 0.05) is 18.4 Å². The number of hydrogen-bond acceptors (Lipinski definition) is 8. The van der Waals surface area contributed by atoms with Gasteiger partial charge in [-0.05, 0) is 49.4 Å². The molecule has 0 aromatic carbocycles. The molecule has 2 bridgehead atoms. The molecule has 4 heterocycles. The topological polar surface area (TPSA) is 120 Å². The van der Waals surface area contributed by atoms with E-state index in [4.69, 9.17) is 9.47 Å². The summed E-state index contributed by atoms with van der Waals surface area (Å²) in [6, 6.07) is -1.17. The molecule has 0 aromatic rings. The van der Waals surface area contributed by atoms with Gasteiger partial charge in [0.15, 0.2) is 0 Å². The van der Waals surface area contributed by atoms with Crippen molar-refractivity contribution in [1.82, 2.24) is 10.6 Å². The molecular weight excluding hydrogens is 487 g/mol. The lowest BCUT2D eigenvalue weighted by molar-refractivity contribution is -0.207. The number of hydrogen-bond donors (Lipinski definition) is 5. The first kappa shape index (κ1) is 28.3. The lowest BCUT2D eigenvalue weighted by Gasteiger charge is -2.45. The van der Waals surface area contributed by atoms with E-state index in [1.54, 1.807) is 0 Å². The first-order valence-electron chi connectivity index (χ1n) is 13.4. The molecule has 206 valence electrons. The van der Waals surface area contributed by atoms with Crippen molar-refractivity contribution in [2.24, 2.45) is 23.7 Å². The van der Waals surface area contributed by atoms with E-state index in [2.05, 4.69) is 24.5 Å². The highest BCUT2D eigenvalue weighted by molar-refractivity contribution is 8.00. The number of carbonyl (C=O) groups is 1. The van der Waals surface area contributed by atoms with Crippen LogP contribution in [0.5, 0.6) is 0 Å². The van der Waals surface area contributed by atoms with Crippen LogP contribution in [0.2, 0.25) is 0 Å². The zero-order chi connectivity index (χ0) is 26.0. The molecule has 4 rings (SSSR count). The molecule has 0 aromatic heterocycles. The minimum Gasteiger partial charge on any atom is -0.388 e. The normalized spacial score (nSPS) is 46.6. The van der Waals surface area contributed by atoms with Gasteiger partial charge in [0.05, 0.1) is 12.1 Å². The van der Waals surface area contributed by atoms with Crippen LogP contribution in [-0.4, -0.2) is 94.3 Å². The Morgan fingerprint density at radius 1 is 1.22 bits per heavy atom. The number of amides is 1. The molecule has 0 saturated carbocycles. The van der Waals surface area contributed by atoms with Crippen LogP contribution >= 0.6 is 11.8 Å². The van der Waals surface area contributed by atoms with Gasteiger partial charge in [-0.1, -0.05) is 32.9 Å². The largest absolute Gasteiger partial charge is 0.388 e. The Bertz CT molecular complexity index is 775. The molecule has 0 aliphatic carbocycles. The molecule has 3 saturated heterocycles. The van der Waals surface area contributed by atoms with Gasteiger partial charge >= 0.3 is 0 Å². The van der Waals surface area contributed by atoms with Gasteiger partial charge in [0.25, 0.3) is 0 Å². The van der Waals surface area contributed by atoms with Gasteiger partial charge < -0.3 is 35.4 Å². The molecule has 0 spiro atoms. The van der Waals surface area contributed by atoms with E-state index in [1.807, 2.05) is 19.1 Å². The fourth-order valence-corrected chi connectivity index (χ4v) is 7.42. The number of ether oxygens (including phenoxy) is 2. The number of nitrogens with one attached hydrogen (secondary N) is 2. The maximum absolute atomic E-state index is 13.6. The predicted molar refractivity (Wildman–Crippen MR) is 136 cm³/mol. The molecule has 3 fully saturated rings. The van der Waals surface area contributed by atoms with Crippen molar-refractivity contribution in [2.75, 3.05) is 19.8 Å². The quantitative estimate of drug-likeness (QED) is 0.338. The van der Waals surface area contributed by atoms with E-state index < -0.39 is 53.9 Å². The molecular formula is C26H43FN2O6S. The standard InChI is InChI=1S/C26H43FN2O6S/c1-13(2)9-15-7-8-34-23-16(10-15)12-28-19(23)25(33)29-18-14(3)5-4-6-17(11-27)36-26-22(32)20(30)21(31)24(18)35-26/h4-5,13-24,26,28,30-32H,6-12H2,1-3H3,(H,29,33)/b5-4-/t14-,15+,16+,17+,18-,19+,20?,21+,22-,23-,24-,26?/m1/s1. The smallest absolute Gasteiger partial charge is 0.240 e. The van der Waals surface area contributed by atoms with Gasteiger partial charge in [-0.2, -0.15) is 0 Å². The van der Waals surface area contributed by atoms with E-state index in [9.17, 15) is 24.5 Å². The number of aliphatic hydroxyl groups excluding tert-OH is 3. The second-order valence-corrected chi connectivity index (χ2v) is 12.8. The molecule has 1 amide bonds.